The number of rotatable bonds is 8. The molecule has 3 N–H and O–H groups in total. The quantitative estimate of drug-likeness (QED) is 0.373. The number of nitrogens with one attached hydrogen (secondary N) is 2. The van der Waals surface area contributed by atoms with E-state index < -0.39 is 28.8 Å². The van der Waals surface area contributed by atoms with Crippen LogP contribution < -0.4 is 26.4 Å². The van der Waals surface area contributed by atoms with Gasteiger partial charge in [-0.15, -0.1) is 0 Å². The number of benzene rings is 1. The molecule has 1 amide bonds. The summed E-state index contributed by atoms with van der Waals surface area (Å²) in [5, 5.41) is 15.4. The van der Waals surface area contributed by atoms with Crippen molar-refractivity contribution in [2.45, 2.75) is 12.5 Å². The molecule has 2 aromatic carbocycles. The van der Waals surface area contributed by atoms with Gasteiger partial charge in [0.25, 0.3) is 16.8 Å². The van der Waals surface area contributed by atoms with E-state index >= 15 is 0 Å². The van der Waals surface area contributed by atoms with E-state index in [1.165, 1.54) is 12.4 Å². The first kappa shape index (κ1) is 25.0. The molecule has 0 unspecified atom stereocenters. The van der Waals surface area contributed by atoms with Crippen molar-refractivity contribution in [1.29, 1.82) is 0 Å². The Labute approximate surface area is 214 Å². The molecule has 1 aromatic heterocycles. The van der Waals surface area contributed by atoms with Gasteiger partial charge >= 0.3 is 5.97 Å². The zero-order valence-corrected chi connectivity index (χ0v) is 20.5. The van der Waals surface area contributed by atoms with Gasteiger partial charge in [0.05, 0.1) is 15.6 Å². The van der Waals surface area contributed by atoms with Crippen LogP contribution in [0, 0.1) is 0 Å². The number of pyridine rings is 1. The number of hydrogen-bond acceptors (Lipinski definition) is 8. The van der Waals surface area contributed by atoms with Crippen LogP contribution in [0.15, 0.2) is 46.2 Å². The fraction of sp³-hybridized carbons (Fsp3) is 0.261. The zero-order chi connectivity index (χ0) is 25.1. The van der Waals surface area contributed by atoms with Gasteiger partial charge in [0, 0.05) is 49.1 Å². The number of aromatic nitrogens is 1. The van der Waals surface area contributed by atoms with Crippen LogP contribution in [0.5, 0.6) is 0 Å². The average molecular weight is 535 g/mol. The molecule has 12 heteroatoms. The predicted molar refractivity (Wildman–Crippen MR) is 138 cm³/mol. The van der Waals surface area contributed by atoms with E-state index in [2.05, 4.69) is 15.6 Å². The number of hydrogen-bond donors (Lipinski definition) is 3. The van der Waals surface area contributed by atoms with Crippen LogP contribution in [0.2, 0.25) is 10.0 Å². The molecule has 0 aliphatic carbocycles. The Morgan fingerprint density at radius 1 is 1.06 bits per heavy atom. The fourth-order valence-electron chi connectivity index (χ4n) is 3.76. The van der Waals surface area contributed by atoms with Crippen molar-refractivity contribution in [3.63, 3.8) is 0 Å². The maximum Gasteiger partial charge on any atom is 0.326 e. The Hall–Kier alpha value is -3.08. The molecule has 4 rings (SSSR count). The fourth-order valence-corrected chi connectivity index (χ4v) is 5.20. The Morgan fingerprint density at radius 3 is 2.29 bits per heavy atom. The molecule has 1 aliphatic rings. The van der Waals surface area contributed by atoms with Crippen molar-refractivity contribution in [2.75, 3.05) is 40.1 Å². The van der Waals surface area contributed by atoms with Gasteiger partial charge in [0.1, 0.15) is 17.4 Å². The molecular weight excluding hydrogens is 515 g/mol. The Balaban J connectivity index is 1.45. The van der Waals surface area contributed by atoms with Gasteiger partial charge in [-0.1, -0.05) is 35.3 Å². The van der Waals surface area contributed by atoms with Gasteiger partial charge in [0.2, 0.25) is 0 Å². The largest absolute Gasteiger partial charge is 0.480 e. The number of nitrogens with zero attached hydrogens (tertiary/aromatic N) is 2. The molecule has 9 nitrogen and oxygen atoms in total. The number of carbonyl (C=O) groups is 2. The van der Waals surface area contributed by atoms with Crippen molar-refractivity contribution in [3.05, 3.63) is 78.3 Å². The number of carboxylic acid groups (broad SMARTS) is 1. The topological polar surface area (TPSA) is 129 Å². The summed E-state index contributed by atoms with van der Waals surface area (Å²) in [4.78, 5) is 54.4. The summed E-state index contributed by atoms with van der Waals surface area (Å²) in [6.07, 6.45) is 2.69. The molecule has 1 saturated heterocycles. The maximum absolute atomic E-state index is 12.5. The third kappa shape index (κ3) is 5.44. The number of aliphatic carboxylic acids is 1. The number of halogens is 2. The van der Waals surface area contributed by atoms with Gasteiger partial charge in [-0.05, 0) is 17.7 Å². The van der Waals surface area contributed by atoms with Crippen LogP contribution in [0.3, 0.4) is 0 Å². The summed E-state index contributed by atoms with van der Waals surface area (Å²) >= 11 is 13.8. The van der Waals surface area contributed by atoms with E-state index in [1.807, 2.05) is 4.90 Å². The third-order valence-electron chi connectivity index (χ3n) is 5.56. The van der Waals surface area contributed by atoms with Crippen LogP contribution in [0.4, 0.5) is 17.1 Å². The SMILES string of the molecule is O=C(Nc1ccc(C[C@H](Nc2c(N3CCSCC3)c(=O)c2=O)C(=O)O)cc1)c1c(Cl)cncc1Cl. The first-order valence-corrected chi connectivity index (χ1v) is 12.5. The molecule has 3 aromatic rings. The normalized spacial score (nSPS) is 14.5. The minimum atomic E-state index is -1.16. The van der Waals surface area contributed by atoms with Crippen molar-refractivity contribution in [3.8, 4) is 0 Å². The molecular formula is C23H20Cl2N4O5S. The summed E-state index contributed by atoms with van der Waals surface area (Å²) in [5.41, 5.74) is 0.248. The second-order valence-corrected chi connectivity index (χ2v) is 9.89. The highest BCUT2D eigenvalue weighted by Crippen LogP contribution is 2.26. The van der Waals surface area contributed by atoms with Gasteiger partial charge < -0.3 is 20.6 Å². The summed E-state index contributed by atoms with van der Waals surface area (Å²) in [6, 6.07) is 5.43. The lowest BCUT2D eigenvalue weighted by atomic mass is 10.0. The lowest BCUT2D eigenvalue weighted by Crippen LogP contribution is -2.47. The summed E-state index contributed by atoms with van der Waals surface area (Å²) in [6.45, 7) is 1.26. The molecule has 2 heterocycles. The number of thioether (sulfide) groups is 1. The van der Waals surface area contributed by atoms with Crippen molar-refractivity contribution >= 4 is 63.9 Å². The number of anilines is 3. The number of carbonyl (C=O) groups excluding carboxylic acids is 1. The Morgan fingerprint density at radius 2 is 1.69 bits per heavy atom. The molecule has 182 valence electrons. The van der Waals surface area contributed by atoms with E-state index in [0.29, 0.717) is 24.3 Å². The predicted octanol–water partition coefficient (Wildman–Crippen LogP) is 2.90. The maximum atomic E-state index is 12.5. The van der Waals surface area contributed by atoms with E-state index in [-0.39, 0.29) is 33.4 Å². The molecule has 1 fully saturated rings. The first-order chi connectivity index (χ1) is 16.8. The van der Waals surface area contributed by atoms with Crippen LogP contribution in [0.1, 0.15) is 15.9 Å². The van der Waals surface area contributed by atoms with Crippen LogP contribution in [-0.2, 0) is 11.2 Å². The van der Waals surface area contributed by atoms with E-state index in [4.69, 9.17) is 23.2 Å². The van der Waals surface area contributed by atoms with Crippen molar-refractivity contribution in [2.24, 2.45) is 0 Å². The minimum absolute atomic E-state index is 0.0552. The summed E-state index contributed by atoms with van der Waals surface area (Å²) in [5.74, 6) is 0.00750. The molecule has 1 atom stereocenters. The number of carboxylic acids is 1. The van der Waals surface area contributed by atoms with Gasteiger partial charge in [-0.25, -0.2) is 4.79 Å². The highest BCUT2D eigenvalue weighted by Gasteiger charge is 2.30. The lowest BCUT2D eigenvalue weighted by molar-refractivity contribution is -0.137. The standard InChI is InChI=1S/C23H20Cl2N4O5S/c24-14-10-26-11-15(25)17(14)22(32)27-13-3-1-12(2-4-13)9-16(23(33)34)28-18-19(21(31)20(18)30)29-5-7-35-8-6-29/h1-4,10-11,16,28H,5-9H2,(H,27,32)(H,33,34)/t16-/m0/s1. The summed E-state index contributed by atoms with van der Waals surface area (Å²) in [7, 11) is 0. The third-order valence-corrected chi connectivity index (χ3v) is 7.08. The van der Waals surface area contributed by atoms with Gasteiger partial charge in [-0.3, -0.25) is 19.4 Å². The van der Waals surface area contributed by atoms with Crippen LogP contribution >= 0.6 is 35.0 Å². The second-order valence-electron chi connectivity index (χ2n) is 7.85. The highest BCUT2D eigenvalue weighted by molar-refractivity contribution is 7.99. The number of amides is 1. The van der Waals surface area contributed by atoms with Crippen LogP contribution in [-0.4, -0.2) is 52.6 Å². The molecule has 1 aliphatic heterocycles. The van der Waals surface area contributed by atoms with E-state index in [0.717, 1.165) is 11.5 Å². The monoisotopic (exact) mass is 534 g/mol. The molecule has 0 radical (unpaired) electrons. The first-order valence-electron chi connectivity index (χ1n) is 10.6. The molecule has 0 bridgehead atoms. The Kier molecular flexibility index (Phi) is 7.63. The lowest BCUT2D eigenvalue weighted by Gasteiger charge is -2.31. The van der Waals surface area contributed by atoms with Crippen molar-refractivity contribution in [1.82, 2.24) is 4.98 Å². The minimum Gasteiger partial charge on any atom is -0.480 e. The van der Waals surface area contributed by atoms with E-state index in [1.54, 1.807) is 36.0 Å². The molecule has 35 heavy (non-hydrogen) atoms. The zero-order valence-electron chi connectivity index (χ0n) is 18.2. The average Bonchev–Trinajstić information content (AvgIpc) is 2.84. The van der Waals surface area contributed by atoms with Crippen molar-refractivity contribution < 1.29 is 14.7 Å². The van der Waals surface area contributed by atoms with Gasteiger partial charge in [0.15, 0.2) is 0 Å². The van der Waals surface area contributed by atoms with E-state index in [9.17, 15) is 24.3 Å². The second kappa shape index (κ2) is 10.7. The van der Waals surface area contributed by atoms with Gasteiger partial charge in [-0.2, -0.15) is 11.8 Å². The molecule has 0 spiro atoms. The summed E-state index contributed by atoms with van der Waals surface area (Å²) < 4.78 is 0. The molecule has 0 saturated carbocycles. The smallest absolute Gasteiger partial charge is 0.326 e. The van der Waals surface area contributed by atoms with Crippen LogP contribution in [0.25, 0.3) is 0 Å². The highest BCUT2D eigenvalue weighted by atomic mass is 35.5. The Bertz CT molecular complexity index is 1310.